The molecule has 18 heavy (non-hydrogen) atoms. The van der Waals surface area contributed by atoms with Gasteiger partial charge in [-0.2, -0.15) is 11.8 Å². The average molecular weight is 268 g/mol. The van der Waals surface area contributed by atoms with Gasteiger partial charge in [-0.1, -0.05) is 6.92 Å². The van der Waals surface area contributed by atoms with E-state index in [4.69, 9.17) is 0 Å². The van der Waals surface area contributed by atoms with Crippen LogP contribution in [0.5, 0.6) is 0 Å². The molecule has 1 N–H and O–H groups in total. The summed E-state index contributed by atoms with van der Waals surface area (Å²) in [6.07, 6.45) is 5.86. The normalized spacial score (nSPS) is 38.0. The van der Waals surface area contributed by atoms with E-state index in [2.05, 4.69) is 35.8 Å². The van der Waals surface area contributed by atoms with Crippen molar-refractivity contribution in [2.45, 2.75) is 51.1 Å². The highest BCUT2D eigenvalue weighted by atomic mass is 32.2. The van der Waals surface area contributed by atoms with Crippen molar-refractivity contribution in [1.82, 2.24) is 10.2 Å². The van der Waals surface area contributed by atoms with Crippen LogP contribution in [0.4, 0.5) is 0 Å². The van der Waals surface area contributed by atoms with Crippen molar-refractivity contribution >= 4 is 11.8 Å². The summed E-state index contributed by atoms with van der Waals surface area (Å²) in [5.41, 5.74) is 0.419. The number of thioether (sulfide) groups is 1. The Morgan fingerprint density at radius 3 is 2.67 bits per heavy atom. The smallest absolute Gasteiger partial charge is 0.0309 e. The molecule has 2 nitrogen and oxygen atoms in total. The summed E-state index contributed by atoms with van der Waals surface area (Å²) in [6, 6.07) is 0.842. The topological polar surface area (TPSA) is 15.3 Å². The predicted molar refractivity (Wildman–Crippen MR) is 80.2 cm³/mol. The Balaban J connectivity index is 1.59. The van der Waals surface area contributed by atoms with Crippen molar-refractivity contribution in [3.63, 3.8) is 0 Å². The van der Waals surface area contributed by atoms with E-state index in [0.717, 1.165) is 17.9 Å². The Labute approximate surface area is 116 Å². The first kappa shape index (κ1) is 13.3. The predicted octanol–water partition coefficient (Wildman–Crippen LogP) is 2.59. The van der Waals surface area contributed by atoms with Crippen LogP contribution in [0.15, 0.2) is 0 Å². The van der Waals surface area contributed by atoms with Gasteiger partial charge in [0.15, 0.2) is 0 Å². The zero-order valence-electron chi connectivity index (χ0n) is 12.0. The van der Waals surface area contributed by atoms with Crippen molar-refractivity contribution in [3.05, 3.63) is 0 Å². The van der Waals surface area contributed by atoms with E-state index in [-0.39, 0.29) is 0 Å². The molecule has 3 rings (SSSR count). The molecule has 1 heterocycles. The van der Waals surface area contributed by atoms with Crippen LogP contribution in [0.3, 0.4) is 0 Å². The maximum Gasteiger partial charge on any atom is 0.0309 e. The zero-order valence-corrected chi connectivity index (χ0v) is 12.8. The molecule has 0 aromatic carbocycles. The fourth-order valence-electron chi connectivity index (χ4n) is 3.57. The molecule has 0 bridgehead atoms. The first-order chi connectivity index (χ1) is 8.73. The Kier molecular flexibility index (Phi) is 3.93. The molecule has 2 unspecified atom stereocenters. The van der Waals surface area contributed by atoms with Gasteiger partial charge >= 0.3 is 0 Å². The van der Waals surface area contributed by atoms with Gasteiger partial charge in [-0.3, -0.25) is 4.90 Å². The molecular formula is C15H28N2S. The van der Waals surface area contributed by atoms with E-state index < -0.39 is 0 Å². The molecular weight excluding hydrogens is 240 g/mol. The van der Waals surface area contributed by atoms with E-state index >= 15 is 0 Å². The fraction of sp³-hybridized carbons (Fsp3) is 1.00. The lowest BCUT2D eigenvalue weighted by Crippen LogP contribution is -2.64. The number of nitrogens with one attached hydrogen (secondary N) is 1. The van der Waals surface area contributed by atoms with Crippen LogP contribution in [-0.2, 0) is 0 Å². The Morgan fingerprint density at radius 2 is 2.06 bits per heavy atom. The van der Waals surface area contributed by atoms with Gasteiger partial charge in [0.2, 0.25) is 0 Å². The van der Waals surface area contributed by atoms with Gasteiger partial charge in [-0.15, -0.1) is 0 Å². The molecule has 3 heteroatoms. The number of nitrogens with zero attached hydrogens (tertiary/aromatic N) is 1. The highest BCUT2D eigenvalue weighted by molar-refractivity contribution is 7.99. The van der Waals surface area contributed by atoms with E-state index in [1.165, 1.54) is 56.8 Å². The third kappa shape index (κ3) is 2.88. The maximum absolute atomic E-state index is 3.90. The highest BCUT2D eigenvalue weighted by Gasteiger charge is 2.48. The van der Waals surface area contributed by atoms with Crippen LogP contribution in [-0.4, -0.2) is 47.6 Å². The lowest BCUT2D eigenvalue weighted by molar-refractivity contribution is 0.0699. The first-order valence-electron chi connectivity index (χ1n) is 7.80. The van der Waals surface area contributed by atoms with E-state index in [1.54, 1.807) is 0 Å². The molecule has 3 fully saturated rings. The van der Waals surface area contributed by atoms with Crippen LogP contribution in [0.1, 0.15) is 39.5 Å². The summed E-state index contributed by atoms with van der Waals surface area (Å²) in [5.74, 6) is 4.55. The molecule has 3 aliphatic rings. The van der Waals surface area contributed by atoms with Crippen molar-refractivity contribution in [2.75, 3.05) is 31.1 Å². The molecule has 104 valence electrons. The van der Waals surface area contributed by atoms with E-state index in [9.17, 15) is 0 Å². The summed E-state index contributed by atoms with van der Waals surface area (Å²) < 4.78 is 0. The molecule has 1 saturated heterocycles. The van der Waals surface area contributed by atoms with Crippen LogP contribution >= 0.6 is 11.8 Å². The number of piperazine rings is 1. The zero-order chi connectivity index (χ0) is 12.6. The summed E-state index contributed by atoms with van der Waals surface area (Å²) >= 11 is 2.10. The van der Waals surface area contributed by atoms with Crippen molar-refractivity contribution in [1.29, 1.82) is 0 Å². The van der Waals surface area contributed by atoms with Crippen molar-refractivity contribution in [2.24, 2.45) is 11.8 Å². The number of rotatable bonds is 6. The molecule has 0 radical (unpaired) electrons. The van der Waals surface area contributed by atoms with Crippen LogP contribution in [0.2, 0.25) is 0 Å². The summed E-state index contributed by atoms with van der Waals surface area (Å²) in [6.45, 7) is 8.59. The molecule has 0 amide bonds. The van der Waals surface area contributed by atoms with Crippen LogP contribution in [0.25, 0.3) is 0 Å². The second kappa shape index (κ2) is 5.34. The van der Waals surface area contributed by atoms with Gasteiger partial charge in [0.25, 0.3) is 0 Å². The lowest BCUT2D eigenvalue weighted by Gasteiger charge is -2.47. The van der Waals surface area contributed by atoms with Gasteiger partial charge in [0.05, 0.1) is 0 Å². The van der Waals surface area contributed by atoms with Crippen molar-refractivity contribution in [3.8, 4) is 0 Å². The van der Waals surface area contributed by atoms with E-state index in [0.29, 0.717) is 5.54 Å². The molecule has 0 aromatic heterocycles. The largest absolute Gasteiger partial charge is 0.308 e. The Bertz CT molecular complexity index is 288. The van der Waals surface area contributed by atoms with Crippen LogP contribution < -0.4 is 5.32 Å². The summed E-state index contributed by atoms with van der Waals surface area (Å²) in [5, 5.41) is 3.90. The van der Waals surface area contributed by atoms with Gasteiger partial charge in [0, 0.05) is 37.0 Å². The molecule has 0 aromatic rings. The Hall–Kier alpha value is 0.270. The standard InChI is InChI=1S/C15H28N2S/c1-3-18-9-8-17-11-15(2,13-6-7-13)16-10-14(17)12-4-5-12/h12-14,16H,3-11H2,1-2H3. The average Bonchev–Trinajstić information content (AvgIpc) is 3.20. The third-order valence-electron chi connectivity index (χ3n) is 5.09. The summed E-state index contributed by atoms with van der Waals surface area (Å²) in [4.78, 5) is 2.83. The van der Waals surface area contributed by atoms with Gasteiger partial charge in [-0.05, 0) is 50.2 Å². The monoisotopic (exact) mass is 268 g/mol. The van der Waals surface area contributed by atoms with Gasteiger partial charge in [-0.25, -0.2) is 0 Å². The third-order valence-corrected chi connectivity index (χ3v) is 5.97. The first-order valence-corrected chi connectivity index (χ1v) is 8.95. The van der Waals surface area contributed by atoms with E-state index in [1.807, 2.05) is 0 Å². The molecule has 2 atom stereocenters. The molecule has 0 spiro atoms. The minimum absolute atomic E-state index is 0.419. The second-order valence-electron chi connectivity index (χ2n) is 6.64. The summed E-state index contributed by atoms with van der Waals surface area (Å²) in [7, 11) is 0. The van der Waals surface area contributed by atoms with Gasteiger partial charge in [0.1, 0.15) is 0 Å². The minimum atomic E-state index is 0.419. The lowest BCUT2D eigenvalue weighted by atomic mass is 9.90. The highest BCUT2D eigenvalue weighted by Crippen LogP contribution is 2.44. The van der Waals surface area contributed by atoms with Crippen LogP contribution in [0, 0.1) is 11.8 Å². The fourth-order valence-corrected chi connectivity index (χ4v) is 4.22. The number of hydrogen-bond acceptors (Lipinski definition) is 3. The quantitative estimate of drug-likeness (QED) is 0.746. The maximum atomic E-state index is 3.90. The van der Waals surface area contributed by atoms with Crippen molar-refractivity contribution < 1.29 is 0 Å². The molecule has 2 saturated carbocycles. The van der Waals surface area contributed by atoms with Gasteiger partial charge < -0.3 is 5.32 Å². The SMILES string of the molecule is CCSCCN1CC(C)(C2CC2)NCC1C1CC1. The minimum Gasteiger partial charge on any atom is -0.308 e. The molecule has 1 aliphatic heterocycles. The molecule has 2 aliphatic carbocycles. The second-order valence-corrected chi connectivity index (χ2v) is 8.04. The number of hydrogen-bond donors (Lipinski definition) is 1. The Morgan fingerprint density at radius 1 is 1.28 bits per heavy atom.